The van der Waals surface area contributed by atoms with E-state index in [-0.39, 0.29) is 11.3 Å². The molecule has 0 heterocycles. The third-order valence-electron chi connectivity index (χ3n) is 5.01. The first-order valence-corrected chi connectivity index (χ1v) is 8.58. The molecule has 0 saturated carbocycles. The molecular formula is C21H30N2. The average Bonchev–Trinajstić information content (AvgIpc) is 2.55. The molecule has 23 heavy (non-hydrogen) atoms. The lowest BCUT2D eigenvalue weighted by Crippen LogP contribution is -2.60. The van der Waals surface area contributed by atoms with Gasteiger partial charge in [0, 0.05) is 11.0 Å². The summed E-state index contributed by atoms with van der Waals surface area (Å²) < 4.78 is 0. The van der Waals surface area contributed by atoms with Crippen molar-refractivity contribution in [3.8, 4) is 0 Å². The summed E-state index contributed by atoms with van der Waals surface area (Å²) in [5.41, 5.74) is 14.9. The van der Waals surface area contributed by atoms with Crippen molar-refractivity contribution in [2.45, 2.75) is 44.6 Å². The zero-order chi connectivity index (χ0) is 16.9. The van der Waals surface area contributed by atoms with Gasteiger partial charge in [0.15, 0.2) is 0 Å². The van der Waals surface area contributed by atoms with Crippen LogP contribution in [0.25, 0.3) is 0 Å². The minimum Gasteiger partial charge on any atom is -0.330 e. The van der Waals surface area contributed by atoms with Crippen molar-refractivity contribution in [3.63, 3.8) is 0 Å². The molecule has 0 bridgehead atoms. The molecule has 2 rings (SSSR count). The van der Waals surface area contributed by atoms with Gasteiger partial charge in [-0.1, -0.05) is 74.0 Å². The summed E-state index contributed by atoms with van der Waals surface area (Å²) in [6, 6.07) is 21.3. The van der Waals surface area contributed by atoms with Crippen LogP contribution >= 0.6 is 0 Å². The molecule has 1 unspecified atom stereocenters. The van der Waals surface area contributed by atoms with E-state index in [1.54, 1.807) is 0 Å². The van der Waals surface area contributed by atoms with Gasteiger partial charge >= 0.3 is 0 Å². The normalized spacial score (nSPS) is 13.8. The Balaban J connectivity index is 2.79. The van der Waals surface area contributed by atoms with E-state index in [1.165, 1.54) is 11.1 Å². The first kappa shape index (κ1) is 17.7. The molecule has 2 heteroatoms. The summed E-state index contributed by atoms with van der Waals surface area (Å²) in [5.74, 6) is 0.289. The molecule has 0 aromatic heterocycles. The smallest absolute Gasteiger partial charge is 0.0416 e. The maximum atomic E-state index is 6.83. The Hall–Kier alpha value is -1.64. The van der Waals surface area contributed by atoms with E-state index >= 15 is 0 Å². The molecule has 2 nitrogen and oxygen atoms in total. The van der Waals surface area contributed by atoms with Crippen molar-refractivity contribution in [1.82, 2.24) is 0 Å². The third-order valence-corrected chi connectivity index (χ3v) is 5.01. The molecule has 0 aliphatic heterocycles. The number of hydrogen-bond acceptors (Lipinski definition) is 2. The van der Waals surface area contributed by atoms with Gasteiger partial charge < -0.3 is 11.5 Å². The predicted molar refractivity (Wildman–Crippen MR) is 99.4 cm³/mol. The highest BCUT2D eigenvalue weighted by Gasteiger charge is 2.50. The van der Waals surface area contributed by atoms with Gasteiger partial charge in [-0.05, 0) is 43.9 Å². The van der Waals surface area contributed by atoms with Crippen LogP contribution in [0.1, 0.15) is 44.7 Å². The van der Waals surface area contributed by atoms with Crippen molar-refractivity contribution >= 4 is 0 Å². The lowest BCUT2D eigenvalue weighted by Gasteiger charge is -2.51. The SMILES string of the molecule is CCCC(CN)C(c1ccccc1)(c1ccccc1)C(C)(C)N. The second kappa shape index (κ2) is 7.29. The van der Waals surface area contributed by atoms with Crippen LogP contribution in [0.5, 0.6) is 0 Å². The monoisotopic (exact) mass is 310 g/mol. The minimum absolute atomic E-state index is 0.289. The van der Waals surface area contributed by atoms with E-state index < -0.39 is 5.54 Å². The molecule has 0 radical (unpaired) electrons. The van der Waals surface area contributed by atoms with Gasteiger partial charge in [-0.3, -0.25) is 0 Å². The topological polar surface area (TPSA) is 52.0 Å². The first-order valence-electron chi connectivity index (χ1n) is 8.58. The summed E-state index contributed by atoms with van der Waals surface area (Å²) in [4.78, 5) is 0. The van der Waals surface area contributed by atoms with E-state index in [1.807, 2.05) is 0 Å². The first-order chi connectivity index (χ1) is 11.0. The molecule has 0 aliphatic rings. The van der Waals surface area contributed by atoms with Crippen molar-refractivity contribution < 1.29 is 0 Å². The second-order valence-corrected chi connectivity index (χ2v) is 6.98. The van der Waals surface area contributed by atoms with Crippen molar-refractivity contribution in [2.24, 2.45) is 17.4 Å². The molecule has 4 N–H and O–H groups in total. The van der Waals surface area contributed by atoms with E-state index in [0.29, 0.717) is 6.54 Å². The minimum atomic E-state index is -0.436. The zero-order valence-electron chi connectivity index (χ0n) is 14.6. The summed E-state index contributed by atoms with van der Waals surface area (Å²) in [6.07, 6.45) is 2.15. The molecule has 1 atom stereocenters. The van der Waals surface area contributed by atoms with Gasteiger partial charge in [-0.2, -0.15) is 0 Å². The Kier molecular flexibility index (Phi) is 5.61. The lowest BCUT2D eigenvalue weighted by atomic mass is 9.55. The Bertz CT molecular complexity index is 545. The molecule has 0 amide bonds. The Labute approximate surface area is 140 Å². The standard InChI is InChI=1S/C21H30N2/c1-4-11-19(16-22)21(20(2,3)23,17-12-7-5-8-13-17)18-14-9-6-10-15-18/h5-10,12-15,19H,4,11,16,22-23H2,1-3H3. The number of rotatable bonds is 7. The average molecular weight is 310 g/mol. The molecule has 0 fully saturated rings. The summed E-state index contributed by atoms with van der Waals surface area (Å²) in [5, 5.41) is 0. The molecule has 0 spiro atoms. The second-order valence-electron chi connectivity index (χ2n) is 6.98. The van der Waals surface area contributed by atoms with E-state index in [9.17, 15) is 0 Å². The molecule has 124 valence electrons. The van der Waals surface area contributed by atoms with Gasteiger partial charge in [0.1, 0.15) is 0 Å². The van der Waals surface area contributed by atoms with Crippen LogP contribution in [-0.2, 0) is 5.41 Å². The third kappa shape index (κ3) is 3.19. The maximum absolute atomic E-state index is 6.83. The Morgan fingerprint density at radius 2 is 1.30 bits per heavy atom. The fraction of sp³-hybridized carbons (Fsp3) is 0.429. The van der Waals surface area contributed by atoms with Crippen molar-refractivity contribution in [2.75, 3.05) is 6.54 Å². The van der Waals surface area contributed by atoms with Gasteiger partial charge in [0.05, 0.1) is 0 Å². The van der Waals surface area contributed by atoms with E-state index in [2.05, 4.69) is 81.4 Å². The largest absolute Gasteiger partial charge is 0.330 e. The van der Waals surface area contributed by atoms with Gasteiger partial charge in [0.2, 0.25) is 0 Å². The summed E-state index contributed by atoms with van der Waals surface area (Å²) in [6.45, 7) is 7.10. The lowest BCUT2D eigenvalue weighted by molar-refractivity contribution is 0.196. The molecular weight excluding hydrogens is 280 g/mol. The van der Waals surface area contributed by atoms with E-state index in [4.69, 9.17) is 11.5 Å². The summed E-state index contributed by atoms with van der Waals surface area (Å²) in [7, 11) is 0. The van der Waals surface area contributed by atoms with Crippen LogP contribution in [0, 0.1) is 5.92 Å². The van der Waals surface area contributed by atoms with Gasteiger partial charge in [0.25, 0.3) is 0 Å². The van der Waals surface area contributed by atoms with Crippen molar-refractivity contribution in [3.05, 3.63) is 71.8 Å². The van der Waals surface area contributed by atoms with Crippen LogP contribution in [-0.4, -0.2) is 12.1 Å². The van der Waals surface area contributed by atoms with Crippen LogP contribution in [0.15, 0.2) is 60.7 Å². The molecule has 2 aromatic carbocycles. The quantitative estimate of drug-likeness (QED) is 0.809. The van der Waals surface area contributed by atoms with Crippen LogP contribution in [0.4, 0.5) is 0 Å². The Morgan fingerprint density at radius 1 is 0.870 bits per heavy atom. The molecule has 0 aliphatic carbocycles. The van der Waals surface area contributed by atoms with E-state index in [0.717, 1.165) is 12.8 Å². The highest BCUT2D eigenvalue weighted by molar-refractivity contribution is 5.45. The van der Waals surface area contributed by atoms with Crippen LogP contribution in [0.3, 0.4) is 0 Å². The molecule has 0 saturated heterocycles. The number of hydrogen-bond donors (Lipinski definition) is 2. The highest BCUT2D eigenvalue weighted by Crippen LogP contribution is 2.47. The summed E-state index contributed by atoms with van der Waals surface area (Å²) >= 11 is 0. The predicted octanol–water partition coefficient (Wildman–Crippen LogP) is 4.09. The molecule has 2 aromatic rings. The number of benzene rings is 2. The zero-order valence-corrected chi connectivity index (χ0v) is 14.6. The van der Waals surface area contributed by atoms with Gasteiger partial charge in [-0.25, -0.2) is 0 Å². The fourth-order valence-electron chi connectivity index (χ4n) is 4.17. The maximum Gasteiger partial charge on any atom is 0.0416 e. The van der Waals surface area contributed by atoms with Crippen LogP contribution in [0.2, 0.25) is 0 Å². The van der Waals surface area contributed by atoms with Crippen LogP contribution < -0.4 is 11.5 Å². The van der Waals surface area contributed by atoms with Gasteiger partial charge in [-0.15, -0.1) is 0 Å². The fourth-order valence-corrected chi connectivity index (χ4v) is 4.17. The Morgan fingerprint density at radius 3 is 1.61 bits per heavy atom. The van der Waals surface area contributed by atoms with Crippen molar-refractivity contribution in [1.29, 1.82) is 0 Å². The highest BCUT2D eigenvalue weighted by atomic mass is 14.8. The number of nitrogens with two attached hydrogens (primary N) is 2.